The smallest absolute Gasteiger partial charge is 0.329 e. The number of halogens is 1. The van der Waals surface area contributed by atoms with Crippen molar-refractivity contribution in [1.29, 1.82) is 0 Å². The van der Waals surface area contributed by atoms with Gasteiger partial charge in [0.05, 0.1) is 0 Å². The van der Waals surface area contributed by atoms with E-state index in [0.29, 0.717) is 0 Å². The summed E-state index contributed by atoms with van der Waals surface area (Å²) in [4.78, 5) is 24.4. The monoisotopic (exact) mass is 269 g/mol. The third kappa shape index (κ3) is 2.67. The Bertz CT molecular complexity index is 493. The van der Waals surface area contributed by atoms with Gasteiger partial charge in [0.2, 0.25) is 0 Å². The largest absolute Gasteiger partial charge is 0.507 e. The molecular formula is C13H16FNO4. The predicted octanol–water partition coefficient (Wildman–Crippen LogP) is 1.86. The Labute approximate surface area is 110 Å². The van der Waals surface area contributed by atoms with Crippen molar-refractivity contribution in [2.24, 2.45) is 0 Å². The Balaban J connectivity index is 3.28. The Morgan fingerprint density at radius 2 is 1.95 bits per heavy atom. The van der Waals surface area contributed by atoms with Gasteiger partial charge >= 0.3 is 5.97 Å². The number of aliphatic carboxylic acids is 1. The second-order valence-electron chi connectivity index (χ2n) is 4.55. The highest BCUT2D eigenvalue weighted by Crippen LogP contribution is 2.25. The number of nitrogens with zero attached hydrogens (tertiary/aromatic N) is 1. The lowest BCUT2D eigenvalue weighted by Gasteiger charge is -2.34. The van der Waals surface area contributed by atoms with Crippen LogP contribution in [0.3, 0.4) is 0 Å². The minimum Gasteiger partial charge on any atom is -0.507 e. The number of carboxylic acids is 1. The summed E-state index contributed by atoms with van der Waals surface area (Å²) in [6.07, 6.45) is 0. The molecule has 0 aliphatic rings. The van der Waals surface area contributed by atoms with Gasteiger partial charge in [0, 0.05) is 6.54 Å². The zero-order valence-electron chi connectivity index (χ0n) is 11.0. The topological polar surface area (TPSA) is 77.8 Å². The van der Waals surface area contributed by atoms with Crippen molar-refractivity contribution < 1.29 is 24.2 Å². The number of carbonyl (C=O) groups excluding carboxylic acids is 1. The molecule has 0 radical (unpaired) electrons. The molecule has 1 aromatic carbocycles. The fraction of sp³-hybridized carbons (Fsp3) is 0.385. The highest BCUT2D eigenvalue weighted by atomic mass is 19.1. The molecule has 0 bridgehead atoms. The second kappa shape index (κ2) is 5.26. The third-order valence-corrected chi connectivity index (χ3v) is 2.97. The van der Waals surface area contributed by atoms with E-state index in [2.05, 4.69) is 0 Å². The minimum atomic E-state index is -1.50. The number of phenols is 1. The van der Waals surface area contributed by atoms with Gasteiger partial charge in [0.15, 0.2) is 0 Å². The highest BCUT2D eigenvalue weighted by Gasteiger charge is 2.38. The van der Waals surface area contributed by atoms with Crippen molar-refractivity contribution >= 4 is 11.9 Å². The molecule has 0 saturated carbocycles. The summed E-state index contributed by atoms with van der Waals surface area (Å²) in [7, 11) is 0. The number of aromatic hydroxyl groups is 1. The molecule has 5 nitrogen and oxygen atoms in total. The molecular weight excluding hydrogens is 253 g/mol. The number of phenolic OH excluding ortho intramolecular Hbond substituents is 1. The summed E-state index contributed by atoms with van der Waals surface area (Å²) in [6.45, 7) is 4.34. The zero-order chi connectivity index (χ0) is 14.8. The molecule has 0 unspecified atom stereocenters. The molecule has 1 amide bonds. The quantitative estimate of drug-likeness (QED) is 0.874. The van der Waals surface area contributed by atoms with E-state index in [4.69, 9.17) is 5.11 Å². The molecule has 0 atom stereocenters. The molecule has 0 aromatic heterocycles. The minimum absolute atomic E-state index is 0.0753. The van der Waals surface area contributed by atoms with Gasteiger partial charge in [-0.2, -0.15) is 0 Å². The van der Waals surface area contributed by atoms with Crippen LogP contribution in [0.1, 0.15) is 31.1 Å². The average Bonchev–Trinajstić information content (AvgIpc) is 2.28. The van der Waals surface area contributed by atoms with Crippen LogP contribution in [0.2, 0.25) is 0 Å². The number of hydrogen-bond acceptors (Lipinski definition) is 3. The predicted molar refractivity (Wildman–Crippen MR) is 66.5 cm³/mol. The maximum atomic E-state index is 13.6. The Morgan fingerprint density at radius 3 is 2.37 bits per heavy atom. The first-order chi connectivity index (χ1) is 8.73. The van der Waals surface area contributed by atoms with Crippen LogP contribution in [0.25, 0.3) is 0 Å². The van der Waals surface area contributed by atoms with Crippen LogP contribution in [-0.4, -0.2) is 39.1 Å². The third-order valence-electron chi connectivity index (χ3n) is 2.97. The van der Waals surface area contributed by atoms with Gasteiger partial charge in [-0.3, -0.25) is 4.79 Å². The summed E-state index contributed by atoms with van der Waals surface area (Å²) in [5, 5.41) is 18.7. The van der Waals surface area contributed by atoms with Gasteiger partial charge in [-0.15, -0.1) is 0 Å². The van der Waals surface area contributed by atoms with Crippen LogP contribution in [0.4, 0.5) is 4.39 Å². The van der Waals surface area contributed by atoms with E-state index < -0.39 is 34.5 Å². The maximum absolute atomic E-state index is 13.6. The molecule has 0 heterocycles. The van der Waals surface area contributed by atoms with Crippen LogP contribution in [-0.2, 0) is 4.79 Å². The van der Waals surface area contributed by atoms with Crippen molar-refractivity contribution in [3.05, 3.63) is 29.6 Å². The van der Waals surface area contributed by atoms with Crippen LogP contribution in [0.15, 0.2) is 18.2 Å². The molecule has 0 saturated heterocycles. The molecule has 19 heavy (non-hydrogen) atoms. The molecule has 0 fully saturated rings. The van der Waals surface area contributed by atoms with Gasteiger partial charge < -0.3 is 15.1 Å². The van der Waals surface area contributed by atoms with E-state index in [-0.39, 0.29) is 6.54 Å². The standard InChI is InChI=1S/C13H16FNO4/c1-4-15(13(2,3)12(18)19)11(17)10-8(14)6-5-7-9(10)16/h5-7,16H,4H2,1-3H3,(H,18,19). The van der Waals surface area contributed by atoms with Crippen LogP contribution in [0, 0.1) is 5.82 Å². The number of hydrogen-bond donors (Lipinski definition) is 2. The van der Waals surface area contributed by atoms with Gasteiger partial charge in [0.1, 0.15) is 22.7 Å². The summed E-state index contributed by atoms with van der Waals surface area (Å²) in [5.41, 5.74) is -2.01. The summed E-state index contributed by atoms with van der Waals surface area (Å²) in [6, 6.07) is 3.48. The lowest BCUT2D eigenvalue weighted by molar-refractivity contribution is -0.147. The van der Waals surface area contributed by atoms with Crippen molar-refractivity contribution in [3.8, 4) is 5.75 Å². The molecule has 1 aromatic rings. The van der Waals surface area contributed by atoms with Crippen molar-refractivity contribution in [2.75, 3.05) is 6.54 Å². The van der Waals surface area contributed by atoms with E-state index in [0.717, 1.165) is 11.0 Å². The SMILES string of the molecule is CCN(C(=O)c1c(O)cccc1F)C(C)(C)C(=O)O. The number of likely N-dealkylation sites (N-methyl/N-ethyl adjacent to an activating group) is 1. The second-order valence-corrected chi connectivity index (χ2v) is 4.55. The summed E-state index contributed by atoms with van der Waals surface area (Å²) >= 11 is 0. The van der Waals surface area contributed by atoms with Gasteiger partial charge in [-0.25, -0.2) is 9.18 Å². The lowest BCUT2D eigenvalue weighted by Crippen LogP contribution is -2.53. The molecule has 0 aliphatic heterocycles. The van der Waals surface area contributed by atoms with Gasteiger partial charge in [-0.05, 0) is 32.9 Å². The Morgan fingerprint density at radius 1 is 1.37 bits per heavy atom. The number of carboxylic acid groups (broad SMARTS) is 1. The van der Waals surface area contributed by atoms with Gasteiger partial charge in [-0.1, -0.05) is 6.07 Å². The van der Waals surface area contributed by atoms with Gasteiger partial charge in [0.25, 0.3) is 5.91 Å². The lowest BCUT2D eigenvalue weighted by atomic mass is 10.0. The molecule has 0 aliphatic carbocycles. The Kier molecular flexibility index (Phi) is 4.14. The molecule has 2 N–H and O–H groups in total. The summed E-state index contributed by atoms with van der Waals surface area (Å²) < 4.78 is 13.6. The number of carbonyl (C=O) groups is 2. The average molecular weight is 269 g/mol. The number of amides is 1. The first kappa shape index (κ1) is 14.9. The van der Waals surface area contributed by atoms with Crippen LogP contribution < -0.4 is 0 Å². The fourth-order valence-corrected chi connectivity index (χ4v) is 1.77. The fourth-order valence-electron chi connectivity index (χ4n) is 1.77. The first-order valence-corrected chi connectivity index (χ1v) is 5.76. The van der Waals surface area contributed by atoms with Crippen LogP contribution >= 0.6 is 0 Å². The van der Waals surface area contributed by atoms with Crippen LogP contribution in [0.5, 0.6) is 5.75 Å². The molecule has 6 heteroatoms. The molecule has 1 rings (SSSR count). The first-order valence-electron chi connectivity index (χ1n) is 5.76. The normalized spacial score (nSPS) is 11.2. The number of benzene rings is 1. The van der Waals surface area contributed by atoms with Crippen molar-refractivity contribution in [1.82, 2.24) is 4.90 Å². The highest BCUT2D eigenvalue weighted by molar-refractivity contribution is 5.99. The zero-order valence-corrected chi connectivity index (χ0v) is 11.0. The molecule has 0 spiro atoms. The van der Waals surface area contributed by atoms with E-state index in [1.54, 1.807) is 6.92 Å². The molecule has 104 valence electrons. The maximum Gasteiger partial charge on any atom is 0.329 e. The Hall–Kier alpha value is -2.11. The van der Waals surface area contributed by atoms with Crippen molar-refractivity contribution in [3.63, 3.8) is 0 Å². The van der Waals surface area contributed by atoms with E-state index >= 15 is 0 Å². The van der Waals surface area contributed by atoms with E-state index in [9.17, 15) is 19.1 Å². The van der Waals surface area contributed by atoms with Crippen molar-refractivity contribution in [2.45, 2.75) is 26.3 Å². The van der Waals surface area contributed by atoms with E-state index in [1.165, 1.54) is 26.0 Å². The summed E-state index contributed by atoms with van der Waals surface area (Å²) in [5.74, 6) is -3.46. The number of rotatable bonds is 4. The van der Waals surface area contributed by atoms with E-state index in [1.807, 2.05) is 0 Å².